The number of Topliss-reactive ketones (excluding diaryl/α,β-unsaturated/α-hetero) is 2. The molecule has 27 heavy (non-hydrogen) atoms. The molecule has 0 aromatic heterocycles. The minimum Gasteiger partial charge on any atom is -0.358 e. The Bertz CT molecular complexity index is 1050. The summed E-state index contributed by atoms with van der Waals surface area (Å²) in [5.41, 5.74) is 6.10. The Labute approximate surface area is 162 Å². The van der Waals surface area contributed by atoms with Crippen molar-refractivity contribution < 1.29 is 9.59 Å². The topological polar surface area (TPSA) is 46.2 Å². The molecule has 1 heterocycles. The zero-order valence-electron chi connectivity index (χ0n) is 15.0. The summed E-state index contributed by atoms with van der Waals surface area (Å²) in [6.45, 7) is 0. The summed E-state index contributed by atoms with van der Waals surface area (Å²) in [5, 5.41) is 3.47. The van der Waals surface area contributed by atoms with Crippen molar-refractivity contribution in [1.82, 2.24) is 5.32 Å². The molecule has 2 aliphatic carbocycles. The predicted octanol–water partition coefficient (Wildman–Crippen LogP) is 4.71. The van der Waals surface area contributed by atoms with Crippen LogP contribution < -0.4 is 5.32 Å². The average molecular weight is 373 g/mol. The molecule has 0 spiro atoms. The molecule has 134 valence electrons. The molecule has 3 nitrogen and oxygen atoms in total. The molecule has 2 aromatic carbocycles. The van der Waals surface area contributed by atoms with E-state index in [1.807, 2.05) is 30.5 Å². The van der Waals surface area contributed by atoms with Crippen LogP contribution in [0.2, 0.25) is 0 Å². The van der Waals surface area contributed by atoms with Crippen molar-refractivity contribution >= 4 is 29.0 Å². The minimum absolute atomic E-state index is 0.0389. The van der Waals surface area contributed by atoms with E-state index in [1.54, 1.807) is 11.8 Å². The highest BCUT2D eigenvalue weighted by Crippen LogP contribution is 2.48. The SMILES string of the molecule is CSc1ccc([C@H]2C3=C(CCCC3=O)NC3=C2C(=O)c2ccccc23)cc1. The van der Waals surface area contributed by atoms with E-state index in [4.69, 9.17) is 0 Å². The first-order valence-corrected chi connectivity index (χ1v) is 10.5. The molecule has 3 aliphatic rings. The number of hydrogen-bond donors (Lipinski definition) is 1. The second-order valence-corrected chi connectivity index (χ2v) is 8.04. The molecule has 0 saturated carbocycles. The summed E-state index contributed by atoms with van der Waals surface area (Å²) < 4.78 is 0. The standard InChI is InChI=1S/C23H19NO2S/c1-27-14-11-9-13(10-12-14)19-20-17(7-4-8-18(20)25)24-22-15-5-2-3-6-16(15)23(26)21(19)22/h2-3,5-6,9-12,19,24H,4,7-8H2,1H3/t19-/m0/s1. The molecule has 0 saturated heterocycles. The number of carbonyl (C=O) groups excluding carboxylic acids is 2. The van der Waals surface area contributed by atoms with Crippen molar-refractivity contribution in [2.75, 3.05) is 6.26 Å². The van der Waals surface area contributed by atoms with Crippen LogP contribution in [0, 0.1) is 0 Å². The number of fused-ring (bicyclic) bond motifs is 2. The van der Waals surface area contributed by atoms with Crippen LogP contribution in [0.15, 0.2) is 70.3 Å². The van der Waals surface area contributed by atoms with Gasteiger partial charge in [-0.3, -0.25) is 9.59 Å². The first-order valence-electron chi connectivity index (χ1n) is 9.24. The number of dihydropyridines is 1. The molecule has 4 heteroatoms. The fourth-order valence-corrected chi connectivity index (χ4v) is 4.87. The zero-order chi connectivity index (χ0) is 18.5. The summed E-state index contributed by atoms with van der Waals surface area (Å²) in [5.74, 6) is -0.0742. The molecule has 0 bridgehead atoms. The van der Waals surface area contributed by atoms with Crippen molar-refractivity contribution in [2.45, 2.75) is 30.1 Å². The van der Waals surface area contributed by atoms with E-state index in [0.717, 1.165) is 52.1 Å². The average Bonchev–Trinajstić information content (AvgIpc) is 2.99. The highest BCUT2D eigenvalue weighted by Gasteiger charge is 2.43. The zero-order valence-corrected chi connectivity index (χ0v) is 15.9. The Morgan fingerprint density at radius 1 is 0.926 bits per heavy atom. The van der Waals surface area contributed by atoms with Gasteiger partial charge < -0.3 is 5.32 Å². The minimum atomic E-state index is -0.278. The number of hydrogen-bond acceptors (Lipinski definition) is 4. The molecular formula is C23H19NO2S. The highest BCUT2D eigenvalue weighted by atomic mass is 32.2. The molecule has 5 rings (SSSR count). The predicted molar refractivity (Wildman–Crippen MR) is 108 cm³/mol. The highest BCUT2D eigenvalue weighted by molar-refractivity contribution is 7.98. The van der Waals surface area contributed by atoms with Crippen molar-refractivity contribution in [1.29, 1.82) is 0 Å². The molecule has 1 N–H and O–H groups in total. The van der Waals surface area contributed by atoms with Gasteiger partial charge in [0, 0.05) is 45.2 Å². The van der Waals surface area contributed by atoms with E-state index in [1.165, 1.54) is 4.90 Å². The normalized spacial score (nSPS) is 21.0. The third-order valence-corrected chi connectivity index (χ3v) is 6.46. The van der Waals surface area contributed by atoms with E-state index in [2.05, 4.69) is 29.6 Å². The lowest BCUT2D eigenvalue weighted by atomic mass is 9.75. The number of nitrogens with one attached hydrogen (secondary N) is 1. The quantitative estimate of drug-likeness (QED) is 0.775. The molecule has 2 aromatic rings. The maximum atomic E-state index is 13.3. The number of benzene rings is 2. The molecule has 0 unspecified atom stereocenters. The summed E-state index contributed by atoms with van der Waals surface area (Å²) in [7, 11) is 0. The molecule has 0 fully saturated rings. The second kappa shape index (κ2) is 6.24. The van der Waals surface area contributed by atoms with Crippen LogP contribution >= 0.6 is 11.8 Å². The van der Waals surface area contributed by atoms with Crippen LogP contribution in [-0.2, 0) is 4.79 Å². The Hall–Kier alpha value is -2.59. The summed E-state index contributed by atoms with van der Waals surface area (Å²) in [6, 6.07) is 16.0. The van der Waals surface area contributed by atoms with Gasteiger partial charge in [0.05, 0.1) is 5.70 Å². The van der Waals surface area contributed by atoms with Crippen LogP contribution in [0.3, 0.4) is 0 Å². The maximum Gasteiger partial charge on any atom is 0.192 e. The van der Waals surface area contributed by atoms with Gasteiger partial charge in [-0.15, -0.1) is 11.8 Å². The van der Waals surface area contributed by atoms with Crippen molar-refractivity contribution in [3.8, 4) is 0 Å². The van der Waals surface area contributed by atoms with Gasteiger partial charge in [0.2, 0.25) is 0 Å². The first-order chi connectivity index (χ1) is 13.2. The lowest BCUT2D eigenvalue weighted by Crippen LogP contribution is -2.31. The van der Waals surface area contributed by atoms with Gasteiger partial charge in [0.25, 0.3) is 0 Å². The van der Waals surface area contributed by atoms with Crippen LogP contribution in [-0.4, -0.2) is 17.8 Å². The van der Waals surface area contributed by atoms with E-state index in [9.17, 15) is 9.59 Å². The number of carbonyl (C=O) groups is 2. The van der Waals surface area contributed by atoms with Gasteiger partial charge in [-0.25, -0.2) is 0 Å². The Balaban J connectivity index is 1.72. The van der Waals surface area contributed by atoms with E-state index in [0.29, 0.717) is 6.42 Å². The third kappa shape index (κ3) is 2.43. The van der Waals surface area contributed by atoms with E-state index >= 15 is 0 Å². The Morgan fingerprint density at radius 2 is 1.67 bits per heavy atom. The van der Waals surface area contributed by atoms with Gasteiger partial charge >= 0.3 is 0 Å². The monoisotopic (exact) mass is 373 g/mol. The summed E-state index contributed by atoms with van der Waals surface area (Å²) in [4.78, 5) is 27.3. The number of allylic oxidation sites excluding steroid dienone is 3. The molecule has 0 amide bonds. The Morgan fingerprint density at radius 3 is 2.41 bits per heavy atom. The van der Waals surface area contributed by atoms with Gasteiger partial charge in [0.1, 0.15) is 0 Å². The lowest BCUT2D eigenvalue weighted by Gasteiger charge is -2.33. The van der Waals surface area contributed by atoms with Gasteiger partial charge in [0.15, 0.2) is 11.6 Å². The second-order valence-electron chi connectivity index (χ2n) is 7.16. The molecule has 0 radical (unpaired) electrons. The van der Waals surface area contributed by atoms with E-state index < -0.39 is 0 Å². The largest absolute Gasteiger partial charge is 0.358 e. The summed E-state index contributed by atoms with van der Waals surface area (Å²) >= 11 is 1.69. The fourth-order valence-electron chi connectivity index (χ4n) is 4.47. The van der Waals surface area contributed by atoms with Crippen LogP contribution in [0.1, 0.15) is 46.7 Å². The smallest absolute Gasteiger partial charge is 0.192 e. The first kappa shape index (κ1) is 16.6. The van der Waals surface area contributed by atoms with Crippen LogP contribution in [0.4, 0.5) is 0 Å². The number of ketones is 2. The summed E-state index contributed by atoms with van der Waals surface area (Å²) in [6.07, 6.45) is 4.32. The van der Waals surface area contributed by atoms with Gasteiger partial charge in [-0.1, -0.05) is 36.4 Å². The number of rotatable bonds is 2. The molecular weight excluding hydrogens is 354 g/mol. The fraction of sp³-hybridized carbons (Fsp3) is 0.217. The van der Waals surface area contributed by atoms with Gasteiger partial charge in [-0.05, 0) is 36.8 Å². The van der Waals surface area contributed by atoms with Crippen molar-refractivity contribution in [2.24, 2.45) is 0 Å². The van der Waals surface area contributed by atoms with E-state index in [-0.39, 0.29) is 17.5 Å². The number of thioether (sulfide) groups is 1. The van der Waals surface area contributed by atoms with Crippen molar-refractivity contribution in [3.63, 3.8) is 0 Å². The lowest BCUT2D eigenvalue weighted by molar-refractivity contribution is -0.116. The third-order valence-electron chi connectivity index (χ3n) is 5.71. The van der Waals surface area contributed by atoms with Crippen LogP contribution in [0.25, 0.3) is 5.70 Å². The van der Waals surface area contributed by atoms with Crippen LogP contribution in [0.5, 0.6) is 0 Å². The van der Waals surface area contributed by atoms with Crippen molar-refractivity contribution in [3.05, 3.63) is 82.1 Å². The maximum absolute atomic E-state index is 13.3. The Kier molecular flexibility index (Phi) is 3.83. The molecule has 1 atom stereocenters. The van der Waals surface area contributed by atoms with Gasteiger partial charge in [-0.2, -0.15) is 0 Å². The molecule has 1 aliphatic heterocycles.